The van der Waals surface area contributed by atoms with Gasteiger partial charge in [0.15, 0.2) is 5.76 Å². The summed E-state index contributed by atoms with van der Waals surface area (Å²) in [6, 6.07) is 6.75. The quantitative estimate of drug-likeness (QED) is 0.731. The molecule has 7 heteroatoms. The fourth-order valence-corrected chi connectivity index (χ4v) is 1.97. The Morgan fingerprint density at radius 3 is 2.65 bits per heavy atom. The van der Waals surface area contributed by atoms with Gasteiger partial charge in [0.25, 0.3) is 5.91 Å². The summed E-state index contributed by atoms with van der Waals surface area (Å²) in [6.45, 7) is 0. The zero-order chi connectivity index (χ0) is 14.1. The van der Waals surface area contributed by atoms with Gasteiger partial charge in [-0.1, -0.05) is 11.6 Å². The first-order valence-corrected chi connectivity index (χ1v) is 6.35. The highest BCUT2D eigenvalue weighted by atomic mass is 35.5. The van der Waals surface area contributed by atoms with Gasteiger partial charge in [0.1, 0.15) is 5.58 Å². The Hall–Kier alpha value is -2.11. The van der Waals surface area contributed by atoms with Crippen LogP contribution in [0.1, 0.15) is 10.6 Å². The first-order chi connectivity index (χ1) is 9.61. The van der Waals surface area contributed by atoms with Crippen LogP contribution in [0.25, 0.3) is 11.0 Å². The predicted octanol–water partition coefficient (Wildman–Crippen LogP) is 3.78. The Labute approximate surface area is 123 Å². The molecule has 3 rings (SSSR count). The minimum Gasteiger partial charge on any atom is -0.451 e. The molecular weight excluding hydrogens is 301 g/mol. The maximum atomic E-state index is 12.0. The molecule has 1 N–H and O–H groups in total. The molecule has 1 aromatic carbocycles. The summed E-state index contributed by atoms with van der Waals surface area (Å²) in [5.41, 5.74) is 1.02. The Morgan fingerprint density at radius 2 is 1.90 bits per heavy atom. The molecule has 1 amide bonds. The number of nitrogens with zero attached hydrogens (tertiary/aromatic N) is 2. The monoisotopic (exact) mass is 307 g/mol. The maximum Gasteiger partial charge on any atom is 0.291 e. The largest absolute Gasteiger partial charge is 0.451 e. The van der Waals surface area contributed by atoms with Gasteiger partial charge in [-0.2, -0.15) is 0 Å². The number of anilines is 1. The Bertz CT molecular complexity index is 784. The maximum absolute atomic E-state index is 12.0. The van der Waals surface area contributed by atoms with Gasteiger partial charge in [0.2, 0.25) is 5.28 Å². The molecule has 0 radical (unpaired) electrons. The number of fused-ring (bicyclic) bond motifs is 1. The minimum atomic E-state index is -0.400. The highest BCUT2D eigenvalue weighted by Gasteiger charge is 2.13. The number of carbonyl (C=O) groups excluding carboxylic acids is 1. The van der Waals surface area contributed by atoms with E-state index >= 15 is 0 Å². The van der Waals surface area contributed by atoms with E-state index in [0.29, 0.717) is 16.3 Å². The summed E-state index contributed by atoms with van der Waals surface area (Å²) in [5.74, 6) is -0.222. The number of hydrogen-bond acceptors (Lipinski definition) is 4. The lowest BCUT2D eigenvalue weighted by Crippen LogP contribution is -2.11. The SMILES string of the molecule is O=C(Nc1cnc(Cl)nc1)c1cc2cc(Cl)ccc2o1. The van der Waals surface area contributed by atoms with Crippen LogP contribution >= 0.6 is 23.2 Å². The van der Waals surface area contributed by atoms with Crippen LogP contribution in [-0.2, 0) is 0 Å². The van der Waals surface area contributed by atoms with Crippen LogP contribution in [0, 0.1) is 0 Å². The van der Waals surface area contributed by atoms with Crippen LogP contribution in [-0.4, -0.2) is 15.9 Å². The lowest BCUT2D eigenvalue weighted by atomic mass is 10.2. The van der Waals surface area contributed by atoms with Crippen molar-refractivity contribution >= 4 is 45.8 Å². The van der Waals surface area contributed by atoms with Gasteiger partial charge in [0, 0.05) is 10.4 Å². The molecule has 20 heavy (non-hydrogen) atoms. The van der Waals surface area contributed by atoms with Crippen molar-refractivity contribution < 1.29 is 9.21 Å². The van der Waals surface area contributed by atoms with Crippen LogP contribution in [0.5, 0.6) is 0 Å². The van der Waals surface area contributed by atoms with Crippen molar-refractivity contribution in [3.05, 3.63) is 52.7 Å². The summed E-state index contributed by atoms with van der Waals surface area (Å²) in [5, 5.41) is 4.06. The van der Waals surface area contributed by atoms with E-state index in [9.17, 15) is 4.79 Å². The molecule has 0 atom stereocenters. The molecule has 5 nitrogen and oxygen atoms in total. The van der Waals surface area contributed by atoms with Crippen LogP contribution < -0.4 is 5.32 Å². The van der Waals surface area contributed by atoms with Gasteiger partial charge in [0.05, 0.1) is 18.1 Å². The van der Waals surface area contributed by atoms with Gasteiger partial charge in [-0.25, -0.2) is 9.97 Å². The summed E-state index contributed by atoms with van der Waals surface area (Å²) in [4.78, 5) is 19.6. The first-order valence-electron chi connectivity index (χ1n) is 5.60. The molecule has 2 aromatic heterocycles. The lowest BCUT2D eigenvalue weighted by Gasteiger charge is -2.01. The van der Waals surface area contributed by atoms with Crippen LogP contribution in [0.3, 0.4) is 0 Å². The van der Waals surface area contributed by atoms with E-state index in [1.54, 1.807) is 24.3 Å². The van der Waals surface area contributed by atoms with Crippen molar-refractivity contribution in [1.82, 2.24) is 9.97 Å². The zero-order valence-electron chi connectivity index (χ0n) is 9.93. The lowest BCUT2D eigenvalue weighted by molar-refractivity contribution is 0.0998. The van der Waals surface area contributed by atoms with Gasteiger partial charge >= 0.3 is 0 Å². The summed E-state index contributed by atoms with van der Waals surface area (Å²) in [6.07, 6.45) is 2.82. The summed E-state index contributed by atoms with van der Waals surface area (Å²) in [7, 11) is 0. The third kappa shape index (κ3) is 2.59. The number of benzene rings is 1. The molecule has 3 aromatic rings. The topological polar surface area (TPSA) is 68.0 Å². The Balaban J connectivity index is 1.86. The van der Waals surface area contributed by atoms with Crippen LogP contribution in [0.15, 0.2) is 41.1 Å². The van der Waals surface area contributed by atoms with Crippen molar-refractivity contribution in [2.45, 2.75) is 0 Å². The number of nitrogens with one attached hydrogen (secondary N) is 1. The molecule has 0 aliphatic heterocycles. The average molecular weight is 308 g/mol. The van der Waals surface area contributed by atoms with Gasteiger partial charge in [-0.3, -0.25) is 4.79 Å². The smallest absolute Gasteiger partial charge is 0.291 e. The fourth-order valence-electron chi connectivity index (χ4n) is 1.70. The fraction of sp³-hybridized carbons (Fsp3) is 0. The second-order valence-corrected chi connectivity index (χ2v) is 4.76. The van der Waals surface area contributed by atoms with Crippen molar-refractivity contribution in [2.75, 3.05) is 5.32 Å². The van der Waals surface area contributed by atoms with Gasteiger partial charge in [-0.05, 0) is 35.9 Å². The van der Waals surface area contributed by atoms with Crippen LogP contribution in [0.4, 0.5) is 5.69 Å². The second-order valence-electron chi connectivity index (χ2n) is 3.99. The van der Waals surface area contributed by atoms with E-state index in [2.05, 4.69) is 15.3 Å². The molecular formula is C13H7Cl2N3O2. The summed E-state index contributed by atoms with van der Waals surface area (Å²) >= 11 is 11.4. The minimum absolute atomic E-state index is 0.112. The van der Waals surface area contributed by atoms with Crippen molar-refractivity contribution in [3.63, 3.8) is 0 Å². The van der Waals surface area contributed by atoms with E-state index < -0.39 is 5.91 Å². The predicted molar refractivity (Wildman–Crippen MR) is 76.2 cm³/mol. The third-order valence-corrected chi connectivity index (χ3v) is 3.01. The molecule has 0 unspecified atom stereocenters. The number of amides is 1. The van der Waals surface area contributed by atoms with Crippen molar-refractivity contribution in [1.29, 1.82) is 0 Å². The number of furan rings is 1. The van der Waals surface area contributed by atoms with E-state index in [-0.39, 0.29) is 11.0 Å². The number of halogens is 2. The molecule has 0 saturated heterocycles. The standard InChI is InChI=1S/C13H7Cl2N3O2/c14-8-1-2-10-7(3-8)4-11(20-10)12(19)18-9-5-16-13(15)17-6-9/h1-6H,(H,18,19). The molecule has 100 valence electrons. The molecule has 0 spiro atoms. The Morgan fingerprint density at radius 1 is 1.15 bits per heavy atom. The van der Waals surface area contributed by atoms with E-state index in [1.165, 1.54) is 12.4 Å². The molecule has 0 fully saturated rings. The molecule has 2 heterocycles. The van der Waals surface area contributed by atoms with Crippen molar-refractivity contribution in [3.8, 4) is 0 Å². The number of aromatic nitrogens is 2. The molecule has 0 bridgehead atoms. The van der Waals surface area contributed by atoms with Gasteiger partial charge < -0.3 is 9.73 Å². The molecule has 0 saturated carbocycles. The number of rotatable bonds is 2. The molecule has 0 aliphatic rings. The highest BCUT2D eigenvalue weighted by Crippen LogP contribution is 2.23. The zero-order valence-corrected chi connectivity index (χ0v) is 11.4. The first kappa shape index (κ1) is 12.9. The Kier molecular flexibility index (Phi) is 3.30. The molecule has 0 aliphatic carbocycles. The number of hydrogen-bond donors (Lipinski definition) is 1. The second kappa shape index (κ2) is 5.11. The van der Waals surface area contributed by atoms with E-state index in [4.69, 9.17) is 27.6 Å². The van der Waals surface area contributed by atoms with E-state index in [1.807, 2.05) is 0 Å². The van der Waals surface area contributed by atoms with Crippen molar-refractivity contribution in [2.24, 2.45) is 0 Å². The van der Waals surface area contributed by atoms with Gasteiger partial charge in [-0.15, -0.1) is 0 Å². The normalized spacial score (nSPS) is 10.7. The highest BCUT2D eigenvalue weighted by molar-refractivity contribution is 6.31. The van der Waals surface area contributed by atoms with E-state index in [0.717, 1.165) is 5.39 Å². The summed E-state index contributed by atoms with van der Waals surface area (Å²) < 4.78 is 5.44. The number of carbonyl (C=O) groups is 1. The average Bonchev–Trinajstić information content (AvgIpc) is 2.84. The van der Waals surface area contributed by atoms with Crippen LogP contribution in [0.2, 0.25) is 10.3 Å². The third-order valence-electron chi connectivity index (χ3n) is 2.58.